The van der Waals surface area contributed by atoms with E-state index in [0.717, 1.165) is 5.56 Å². The number of benzene rings is 1. The molecule has 0 spiro atoms. The summed E-state index contributed by atoms with van der Waals surface area (Å²) in [6.45, 7) is 6.08. The van der Waals surface area contributed by atoms with E-state index in [1.165, 1.54) is 0 Å². The summed E-state index contributed by atoms with van der Waals surface area (Å²) in [4.78, 5) is 23.6. The third-order valence-corrected chi connectivity index (χ3v) is 3.65. The number of carbonyl (C=O) groups is 2. The number of hydrogen-bond donors (Lipinski definition) is 3. The molecule has 132 valence electrons. The summed E-state index contributed by atoms with van der Waals surface area (Å²) in [5.41, 5.74) is 0.367. The monoisotopic (exact) mass is 336 g/mol. The second-order valence-corrected chi connectivity index (χ2v) is 6.77. The third-order valence-electron chi connectivity index (χ3n) is 3.65. The number of rotatable bonds is 6. The molecule has 0 fully saturated rings. The zero-order valence-electron chi connectivity index (χ0n) is 14.2. The largest absolute Gasteiger partial charge is 0.454 e. The lowest BCUT2D eigenvalue weighted by molar-refractivity contribution is -0.134. The van der Waals surface area contributed by atoms with Crippen molar-refractivity contribution in [2.75, 3.05) is 13.3 Å². The van der Waals surface area contributed by atoms with Gasteiger partial charge in [-0.25, -0.2) is 0 Å². The Balaban J connectivity index is 1.69. The molecule has 0 aromatic heterocycles. The van der Waals surface area contributed by atoms with Crippen LogP contribution in [0.25, 0.3) is 0 Å². The van der Waals surface area contributed by atoms with E-state index in [2.05, 4.69) is 10.6 Å². The van der Waals surface area contributed by atoms with Gasteiger partial charge in [-0.2, -0.15) is 0 Å². The highest BCUT2D eigenvalue weighted by Crippen LogP contribution is 2.32. The zero-order chi connectivity index (χ0) is 17.7. The van der Waals surface area contributed by atoms with Crippen molar-refractivity contribution in [3.63, 3.8) is 0 Å². The molecule has 0 saturated carbocycles. The van der Waals surface area contributed by atoms with Crippen molar-refractivity contribution in [1.82, 2.24) is 10.6 Å². The van der Waals surface area contributed by atoms with Gasteiger partial charge in [0.15, 0.2) is 11.5 Å². The first kappa shape index (κ1) is 18.1. The van der Waals surface area contributed by atoms with Crippen LogP contribution in [-0.4, -0.2) is 36.4 Å². The molecule has 0 unspecified atom stereocenters. The first-order valence-corrected chi connectivity index (χ1v) is 7.88. The predicted molar refractivity (Wildman–Crippen MR) is 87.5 cm³/mol. The van der Waals surface area contributed by atoms with Crippen LogP contribution in [0.1, 0.15) is 32.8 Å². The van der Waals surface area contributed by atoms with Gasteiger partial charge in [0.1, 0.15) is 6.10 Å². The molecule has 7 nitrogen and oxygen atoms in total. The van der Waals surface area contributed by atoms with Gasteiger partial charge in [-0.3, -0.25) is 9.59 Å². The summed E-state index contributed by atoms with van der Waals surface area (Å²) in [5, 5.41) is 15.2. The number of aliphatic hydroxyl groups excluding tert-OH is 1. The van der Waals surface area contributed by atoms with Gasteiger partial charge in [-0.15, -0.1) is 0 Å². The molecule has 2 amide bonds. The molecule has 0 bridgehead atoms. The summed E-state index contributed by atoms with van der Waals surface area (Å²) in [6.07, 6.45) is -0.957. The third kappa shape index (κ3) is 4.86. The fourth-order valence-corrected chi connectivity index (χ4v) is 2.13. The maximum Gasteiger partial charge on any atom is 0.249 e. The summed E-state index contributed by atoms with van der Waals surface area (Å²) < 4.78 is 10.5. The first-order chi connectivity index (χ1) is 11.3. The van der Waals surface area contributed by atoms with E-state index in [-0.39, 0.29) is 25.7 Å². The lowest BCUT2D eigenvalue weighted by Crippen LogP contribution is -2.43. The van der Waals surface area contributed by atoms with Crippen molar-refractivity contribution in [2.24, 2.45) is 5.41 Å². The van der Waals surface area contributed by atoms with Gasteiger partial charge in [0.05, 0.1) is 0 Å². The van der Waals surface area contributed by atoms with Crippen LogP contribution in [0, 0.1) is 5.41 Å². The Bertz CT molecular complexity index is 609. The van der Waals surface area contributed by atoms with E-state index < -0.39 is 17.4 Å². The van der Waals surface area contributed by atoms with E-state index in [4.69, 9.17) is 9.47 Å². The van der Waals surface area contributed by atoms with Crippen molar-refractivity contribution in [1.29, 1.82) is 0 Å². The summed E-state index contributed by atoms with van der Waals surface area (Å²) in [7, 11) is 0. The van der Waals surface area contributed by atoms with E-state index in [1.807, 2.05) is 12.1 Å². The van der Waals surface area contributed by atoms with E-state index in [9.17, 15) is 14.7 Å². The molecule has 3 N–H and O–H groups in total. The quantitative estimate of drug-likeness (QED) is 0.718. The summed E-state index contributed by atoms with van der Waals surface area (Å²) in [6, 6.07) is 5.48. The Labute approximate surface area is 141 Å². The molecule has 1 aromatic rings. The summed E-state index contributed by atoms with van der Waals surface area (Å²) in [5.74, 6) is 0.722. The second kappa shape index (κ2) is 7.53. The normalized spacial score (nSPS) is 14.2. The number of carbonyl (C=O) groups excluding carboxylic acids is 2. The average Bonchev–Trinajstić information content (AvgIpc) is 2.98. The molecule has 1 aliphatic heterocycles. The Kier molecular flexibility index (Phi) is 5.66. The SMILES string of the molecule is CC(C)(C)[C@@H](O)C(=O)NCCC(=O)NCc1ccc2c(c1)OCO2. The van der Waals surface area contributed by atoms with Crippen LogP contribution in [0.4, 0.5) is 0 Å². The van der Waals surface area contributed by atoms with Crippen LogP contribution in [0.2, 0.25) is 0 Å². The molecule has 1 atom stereocenters. The maximum absolute atomic E-state index is 11.8. The highest BCUT2D eigenvalue weighted by molar-refractivity contribution is 5.82. The maximum atomic E-state index is 11.8. The molecule has 1 aromatic carbocycles. The second-order valence-electron chi connectivity index (χ2n) is 6.77. The minimum atomic E-state index is -1.10. The molecule has 24 heavy (non-hydrogen) atoms. The minimum absolute atomic E-state index is 0.146. The van der Waals surface area contributed by atoms with Crippen molar-refractivity contribution < 1.29 is 24.2 Å². The fraction of sp³-hybridized carbons (Fsp3) is 0.529. The molecule has 1 aliphatic rings. The van der Waals surface area contributed by atoms with Gasteiger partial charge in [0.2, 0.25) is 18.6 Å². The number of fused-ring (bicyclic) bond motifs is 1. The smallest absolute Gasteiger partial charge is 0.249 e. The zero-order valence-corrected chi connectivity index (χ0v) is 14.2. The fourth-order valence-electron chi connectivity index (χ4n) is 2.13. The van der Waals surface area contributed by atoms with Crippen LogP contribution in [-0.2, 0) is 16.1 Å². The van der Waals surface area contributed by atoms with Crippen molar-refractivity contribution in [2.45, 2.75) is 39.8 Å². The number of aliphatic hydroxyl groups is 1. The molecule has 0 radical (unpaired) electrons. The predicted octanol–water partition coefficient (Wildman–Crippen LogP) is 0.945. The number of ether oxygens (including phenoxy) is 2. The Morgan fingerprint density at radius 3 is 2.62 bits per heavy atom. The lowest BCUT2D eigenvalue weighted by atomic mass is 9.89. The van der Waals surface area contributed by atoms with Crippen LogP contribution in [0.3, 0.4) is 0 Å². The molecule has 2 rings (SSSR count). The number of nitrogens with one attached hydrogen (secondary N) is 2. The number of amides is 2. The van der Waals surface area contributed by atoms with Crippen LogP contribution in [0.15, 0.2) is 18.2 Å². The Hall–Kier alpha value is -2.28. The molecule has 0 saturated heterocycles. The Morgan fingerprint density at radius 1 is 1.21 bits per heavy atom. The highest BCUT2D eigenvalue weighted by Gasteiger charge is 2.28. The van der Waals surface area contributed by atoms with Crippen molar-refractivity contribution in [3.8, 4) is 11.5 Å². The molecular weight excluding hydrogens is 312 g/mol. The lowest BCUT2D eigenvalue weighted by Gasteiger charge is -2.24. The van der Waals surface area contributed by atoms with Gasteiger partial charge in [-0.05, 0) is 23.1 Å². The highest BCUT2D eigenvalue weighted by atomic mass is 16.7. The molecule has 1 heterocycles. The van der Waals surface area contributed by atoms with E-state index >= 15 is 0 Å². The van der Waals surface area contributed by atoms with Gasteiger partial charge >= 0.3 is 0 Å². The van der Waals surface area contributed by atoms with E-state index in [1.54, 1.807) is 26.8 Å². The van der Waals surface area contributed by atoms with Gasteiger partial charge in [0.25, 0.3) is 0 Å². The van der Waals surface area contributed by atoms with Crippen molar-refractivity contribution >= 4 is 11.8 Å². The summed E-state index contributed by atoms with van der Waals surface area (Å²) >= 11 is 0. The molecular formula is C17H24N2O5. The number of hydrogen-bond acceptors (Lipinski definition) is 5. The van der Waals surface area contributed by atoms with Crippen molar-refractivity contribution in [3.05, 3.63) is 23.8 Å². The van der Waals surface area contributed by atoms with Crippen LogP contribution >= 0.6 is 0 Å². The van der Waals surface area contributed by atoms with E-state index in [0.29, 0.717) is 18.0 Å². The topological polar surface area (TPSA) is 96.9 Å². The van der Waals surface area contributed by atoms with Gasteiger partial charge in [0, 0.05) is 19.5 Å². The first-order valence-electron chi connectivity index (χ1n) is 7.88. The minimum Gasteiger partial charge on any atom is -0.454 e. The molecule has 0 aliphatic carbocycles. The standard InChI is InChI=1S/C17H24N2O5/c1-17(2,3)15(21)16(22)18-7-6-14(20)19-9-11-4-5-12-13(8-11)24-10-23-12/h4-5,8,15,21H,6-7,9-10H2,1-3H3,(H,18,22)(H,19,20)/t15-/m0/s1. The average molecular weight is 336 g/mol. The van der Waals surface area contributed by atoms with Crippen LogP contribution in [0.5, 0.6) is 11.5 Å². The van der Waals surface area contributed by atoms with Gasteiger partial charge in [-0.1, -0.05) is 26.8 Å². The van der Waals surface area contributed by atoms with Crippen LogP contribution < -0.4 is 20.1 Å². The Morgan fingerprint density at radius 2 is 1.92 bits per heavy atom. The molecule has 7 heteroatoms. The van der Waals surface area contributed by atoms with Gasteiger partial charge < -0.3 is 25.2 Å².